The molecule has 0 saturated carbocycles. The van der Waals surface area contributed by atoms with Crippen LogP contribution in [0.15, 0.2) is 91.3 Å². The lowest BCUT2D eigenvalue weighted by Crippen LogP contribution is -2.46. The second-order valence-corrected chi connectivity index (χ2v) is 10.2. The maximum Gasteiger partial charge on any atom is 0.324 e. The number of hydrogen-bond acceptors (Lipinski definition) is 7. The Balaban J connectivity index is 1.20. The second kappa shape index (κ2) is 10.7. The summed E-state index contributed by atoms with van der Waals surface area (Å²) < 4.78 is 7.61. The molecular formula is C31H28N8O3. The largest absolute Gasteiger partial charge is 0.470 e. The quantitative estimate of drug-likeness (QED) is 0.196. The van der Waals surface area contributed by atoms with Gasteiger partial charge in [0, 0.05) is 23.0 Å². The molecule has 0 aliphatic carbocycles. The molecule has 3 aromatic carbocycles. The zero-order chi connectivity index (χ0) is 29.3. The number of para-hydroxylation sites is 1. The Morgan fingerprint density at radius 2 is 1.67 bits per heavy atom. The molecule has 3 heterocycles. The molecule has 2 aromatic heterocycles. The molecule has 0 bridgehead atoms. The van der Waals surface area contributed by atoms with Crippen LogP contribution >= 0.6 is 0 Å². The van der Waals surface area contributed by atoms with Gasteiger partial charge in [-0.15, -0.1) is 0 Å². The SMILES string of the molecule is Cc1cc(NC(=O)Nc2cc(-c3ccccc3)nn2-c2ccccc2)ccc1Nc1ncnc2c1OC(C)(C)C(=O)N2. The molecule has 1 aliphatic rings. The minimum Gasteiger partial charge on any atom is -0.470 e. The van der Waals surface area contributed by atoms with Gasteiger partial charge in [0.25, 0.3) is 5.91 Å². The highest BCUT2D eigenvalue weighted by molar-refractivity contribution is 6.01. The van der Waals surface area contributed by atoms with Crippen molar-refractivity contribution in [1.82, 2.24) is 19.7 Å². The number of rotatable bonds is 6. The number of fused-ring (bicyclic) bond motifs is 1. The number of urea groups is 1. The van der Waals surface area contributed by atoms with E-state index in [0.717, 1.165) is 28.2 Å². The molecule has 0 spiro atoms. The number of amides is 3. The van der Waals surface area contributed by atoms with Gasteiger partial charge in [-0.3, -0.25) is 10.1 Å². The Labute approximate surface area is 242 Å². The van der Waals surface area contributed by atoms with Gasteiger partial charge in [0.1, 0.15) is 12.1 Å². The molecule has 5 aromatic rings. The first kappa shape index (κ1) is 26.5. The van der Waals surface area contributed by atoms with E-state index >= 15 is 0 Å². The third-order valence-electron chi connectivity index (χ3n) is 6.70. The average molecular weight is 561 g/mol. The van der Waals surface area contributed by atoms with Crippen LogP contribution < -0.4 is 26.0 Å². The summed E-state index contributed by atoms with van der Waals surface area (Å²) >= 11 is 0. The molecular weight excluding hydrogens is 532 g/mol. The van der Waals surface area contributed by atoms with Crippen LogP contribution in [0.2, 0.25) is 0 Å². The van der Waals surface area contributed by atoms with E-state index < -0.39 is 11.6 Å². The fourth-order valence-corrected chi connectivity index (χ4v) is 4.48. The summed E-state index contributed by atoms with van der Waals surface area (Å²) in [5, 5.41) is 16.6. The zero-order valence-corrected chi connectivity index (χ0v) is 23.2. The van der Waals surface area contributed by atoms with Crippen LogP contribution in [0.5, 0.6) is 5.75 Å². The summed E-state index contributed by atoms with van der Waals surface area (Å²) in [7, 11) is 0. The van der Waals surface area contributed by atoms with Gasteiger partial charge in [0.2, 0.25) is 5.75 Å². The predicted molar refractivity (Wildman–Crippen MR) is 161 cm³/mol. The van der Waals surface area contributed by atoms with Gasteiger partial charge < -0.3 is 20.7 Å². The lowest BCUT2D eigenvalue weighted by Gasteiger charge is -2.31. The van der Waals surface area contributed by atoms with E-state index in [4.69, 9.17) is 9.84 Å². The lowest BCUT2D eigenvalue weighted by molar-refractivity contribution is -0.129. The molecule has 0 unspecified atom stereocenters. The third kappa shape index (κ3) is 5.35. The second-order valence-electron chi connectivity index (χ2n) is 10.2. The number of ether oxygens (including phenoxy) is 1. The van der Waals surface area contributed by atoms with Crippen LogP contribution in [0.25, 0.3) is 16.9 Å². The molecule has 42 heavy (non-hydrogen) atoms. The lowest BCUT2D eigenvalue weighted by atomic mass is 10.1. The number of benzene rings is 3. The minimum absolute atomic E-state index is 0.285. The van der Waals surface area contributed by atoms with Crippen LogP contribution in [0.4, 0.5) is 33.6 Å². The number of nitrogens with one attached hydrogen (secondary N) is 4. The van der Waals surface area contributed by atoms with Crippen LogP contribution in [-0.2, 0) is 4.79 Å². The fourth-order valence-electron chi connectivity index (χ4n) is 4.48. The highest BCUT2D eigenvalue weighted by atomic mass is 16.5. The monoisotopic (exact) mass is 560 g/mol. The van der Waals surface area contributed by atoms with E-state index in [2.05, 4.69) is 31.2 Å². The van der Waals surface area contributed by atoms with E-state index in [1.807, 2.05) is 85.8 Å². The number of carbonyl (C=O) groups is 2. The van der Waals surface area contributed by atoms with E-state index in [1.165, 1.54) is 6.33 Å². The Morgan fingerprint density at radius 3 is 2.40 bits per heavy atom. The van der Waals surface area contributed by atoms with Gasteiger partial charge in [-0.1, -0.05) is 48.5 Å². The minimum atomic E-state index is -1.07. The number of hydrogen-bond donors (Lipinski definition) is 4. The maximum atomic E-state index is 13.1. The Hall–Kier alpha value is -5.71. The van der Waals surface area contributed by atoms with Crippen LogP contribution in [0.1, 0.15) is 19.4 Å². The molecule has 0 fully saturated rings. The summed E-state index contributed by atoms with van der Waals surface area (Å²) in [6.45, 7) is 5.25. The normalized spacial score (nSPS) is 13.4. The molecule has 3 amide bonds. The standard InChI is InChI=1S/C31H28N8O3/c1-19-16-21(14-15-23(19)35-27-26-28(33-18-32-27)37-29(40)31(2,3)42-26)34-30(41)36-25-17-24(20-10-6-4-7-11-20)38-39(25)22-12-8-5-9-13-22/h4-18H,1-3H3,(H2,34,36,41)(H2,32,33,35,37,40). The van der Waals surface area contributed by atoms with E-state index in [1.54, 1.807) is 24.6 Å². The number of anilines is 5. The highest BCUT2D eigenvalue weighted by Gasteiger charge is 2.37. The first-order chi connectivity index (χ1) is 20.3. The number of nitrogens with zero attached hydrogens (tertiary/aromatic N) is 4. The molecule has 210 valence electrons. The molecule has 4 N–H and O–H groups in total. The number of aromatic nitrogens is 4. The molecule has 0 atom stereocenters. The van der Waals surface area contributed by atoms with Crippen molar-refractivity contribution in [2.75, 3.05) is 21.3 Å². The first-order valence-electron chi connectivity index (χ1n) is 13.3. The maximum absolute atomic E-state index is 13.1. The van der Waals surface area contributed by atoms with Crippen molar-refractivity contribution in [2.24, 2.45) is 0 Å². The molecule has 0 radical (unpaired) electrons. The van der Waals surface area contributed by atoms with Crippen molar-refractivity contribution in [1.29, 1.82) is 0 Å². The topological polar surface area (TPSA) is 135 Å². The Bertz CT molecular complexity index is 1790. The van der Waals surface area contributed by atoms with Crippen molar-refractivity contribution < 1.29 is 14.3 Å². The van der Waals surface area contributed by atoms with Gasteiger partial charge in [-0.2, -0.15) is 5.10 Å². The molecule has 0 saturated heterocycles. The molecule has 11 nitrogen and oxygen atoms in total. The highest BCUT2D eigenvalue weighted by Crippen LogP contribution is 2.38. The summed E-state index contributed by atoms with van der Waals surface area (Å²) in [4.78, 5) is 33.8. The van der Waals surface area contributed by atoms with Gasteiger partial charge in [0.15, 0.2) is 17.2 Å². The zero-order valence-electron chi connectivity index (χ0n) is 23.2. The van der Waals surface area contributed by atoms with Crippen LogP contribution in [0, 0.1) is 6.92 Å². The van der Waals surface area contributed by atoms with Gasteiger partial charge >= 0.3 is 6.03 Å². The van der Waals surface area contributed by atoms with Crippen molar-refractivity contribution >= 4 is 40.8 Å². The summed E-state index contributed by atoms with van der Waals surface area (Å²) in [5.74, 6) is 1.31. The summed E-state index contributed by atoms with van der Waals surface area (Å²) in [6, 6.07) is 26.3. The van der Waals surface area contributed by atoms with Crippen molar-refractivity contribution in [3.63, 3.8) is 0 Å². The van der Waals surface area contributed by atoms with Gasteiger partial charge in [-0.05, 0) is 56.7 Å². The predicted octanol–water partition coefficient (Wildman–Crippen LogP) is 6.13. The van der Waals surface area contributed by atoms with Gasteiger partial charge in [-0.25, -0.2) is 19.4 Å². The summed E-state index contributed by atoms with van der Waals surface area (Å²) in [6.07, 6.45) is 1.35. The Kier molecular flexibility index (Phi) is 6.75. The van der Waals surface area contributed by atoms with E-state index in [-0.39, 0.29) is 5.91 Å². The van der Waals surface area contributed by atoms with E-state index in [0.29, 0.717) is 28.9 Å². The van der Waals surface area contributed by atoms with Crippen molar-refractivity contribution in [3.05, 3.63) is 96.8 Å². The van der Waals surface area contributed by atoms with Crippen LogP contribution in [-0.4, -0.2) is 37.3 Å². The third-order valence-corrected chi connectivity index (χ3v) is 6.70. The first-order valence-corrected chi connectivity index (χ1v) is 13.3. The smallest absolute Gasteiger partial charge is 0.324 e. The van der Waals surface area contributed by atoms with E-state index in [9.17, 15) is 9.59 Å². The van der Waals surface area contributed by atoms with Gasteiger partial charge in [0.05, 0.1) is 11.4 Å². The van der Waals surface area contributed by atoms with Crippen molar-refractivity contribution in [2.45, 2.75) is 26.4 Å². The molecule has 6 rings (SSSR count). The number of aryl methyl sites for hydroxylation is 1. The molecule has 11 heteroatoms. The average Bonchev–Trinajstić information content (AvgIpc) is 3.40. The summed E-state index contributed by atoms with van der Waals surface area (Å²) in [5.41, 5.74) is 3.62. The van der Waals surface area contributed by atoms with Crippen LogP contribution in [0.3, 0.4) is 0 Å². The van der Waals surface area contributed by atoms with Crippen molar-refractivity contribution in [3.8, 4) is 22.7 Å². The number of carbonyl (C=O) groups excluding carboxylic acids is 2. The fraction of sp³-hybridized carbons (Fsp3) is 0.129. The Morgan fingerprint density at radius 1 is 0.929 bits per heavy atom. The molecule has 1 aliphatic heterocycles.